The molecule has 4 rings (SSSR count). The molecule has 0 atom stereocenters. The van der Waals surface area contributed by atoms with Gasteiger partial charge < -0.3 is 10.4 Å². The molecule has 1 aliphatic carbocycles. The van der Waals surface area contributed by atoms with Crippen LogP contribution >= 0.6 is 0 Å². The summed E-state index contributed by atoms with van der Waals surface area (Å²) in [5, 5.41) is 19.2. The lowest BCUT2D eigenvalue weighted by Gasteiger charge is -2.17. The summed E-state index contributed by atoms with van der Waals surface area (Å²) in [5.41, 5.74) is -0.212. The van der Waals surface area contributed by atoms with Gasteiger partial charge in [-0.15, -0.1) is 0 Å². The number of rotatable bonds is 6. The highest BCUT2D eigenvalue weighted by atomic mass is 16.7. The van der Waals surface area contributed by atoms with Gasteiger partial charge in [0.15, 0.2) is 5.56 Å². The van der Waals surface area contributed by atoms with Crippen molar-refractivity contribution in [1.29, 1.82) is 0 Å². The van der Waals surface area contributed by atoms with Crippen molar-refractivity contribution >= 4 is 23.5 Å². The zero-order valence-electron chi connectivity index (χ0n) is 18.4. The van der Waals surface area contributed by atoms with Crippen molar-refractivity contribution in [2.24, 2.45) is 5.92 Å². The number of hydrogen-bond acceptors (Lipinski definition) is 6. The highest BCUT2D eigenvalue weighted by Gasteiger charge is 2.30. The molecule has 3 heterocycles. The molecule has 1 aliphatic heterocycles. The Labute approximate surface area is 185 Å². The predicted octanol–water partition coefficient (Wildman–Crippen LogP) is 1.71. The van der Waals surface area contributed by atoms with Gasteiger partial charge in [-0.2, -0.15) is 9.61 Å². The van der Waals surface area contributed by atoms with Gasteiger partial charge in [0.05, 0.1) is 12.8 Å². The summed E-state index contributed by atoms with van der Waals surface area (Å²) >= 11 is 0. The molecule has 10 heteroatoms. The molecule has 1 saturated heterocycles. The van der Waals surface area contributed by atoms with Gasteiger partial charge in [0.25, 0.3) is 17.4 Å². The summed E-state index contributed by atoms with van der Waals surface area (Å²) in [6.07, 6.45) is 8.90. The number of carbonyl (C=O) groups excluding carboxylic acids is 2. The average Bonchev–Trinajstić information content (AvgIpc) is 3.51. The van der Waals surface area contributed by atoms with Gasteiger partial charge in [-0.3, -0.25) is 23.8 Å². The maximum absolute atomic E-state index is 13.0. The Balaban J connectivity index is 1.73. The number of amides is 2. The van der Waals surface area contributed by atoms with Gasteiger partial charge in [-0.1, -0.05) is 13.8 Å². The van der Waals surface area contributed by atoms with Gasteiger partial charge in [0, 0.05) is 30.8 Å². The van der Waals surface area contributed by atoms with Crippen molar-refractivity contribution in [2.45, 2.75) is 58.5 Å². The van der Waals surface area contributed by atoms with E-state index in [-0.39, 0.29) is 23.4 Å². The van der Waals surface area contributed by atoms with E-state index in [1.54, 1.807) is 6.08 Å². The third-order valence-electron chi connectivity index (χ3n) is 5.50. The van der Waals surface area contributed by atoms with Gasteiger partial charge in [-0.05, 0) is 44.1 Å². The zero-order chi connectivity index (χ0) is 22.8. The molecule has 0 unspecified atom stereocenters. The SMILES string of the molecule is CC(C)Cn1c(O)c(C(=O)NC2CC2)c(=O)n2ncc(/C=C/C(=O)N3CCCCCO3)c12. The molecular formula is C22H29N5O5. The fraction of sp³-hybridized carbons (Fsp3) is 0.545. The van der Waals surface area contributed by atoms with Crippen molar-refractivity contribution in [3.63, 3.8) is 0 Å². The van der Waals surface area contributed by atoms with Crippen LogP contribution in [0.4, 0.5) is 0 Å². The lowest BCUT2D eigenvalue weighted by Crippen LogP contribution is -2.34. The lowest BCUT2D eigenvalue weighted by molar-refractivity contribution is -0.177. The molecule has 32 heavy (non-hydrogen) atoms. The molecule has 2 N–H and O–H groups in total. The van der Waals surface area contributed by atoms with Gasteiger partial charge in [-0.25, -0.2) is 5.06 Å². The van der Waals surface area contributed by atoms with Crippen LogP contribution in [0.1, 0.15) is 61.9 Å². The molecule has 0 aromatic carbocycles. The van der Waals surface area contributed by atoms with E-state index in [1.165, 1.54) is 21.9 Å². The van der Waals surface area contributed by atoms with E-state index in [4.69, 9.17) is 4.84 Å². The molecule has 0 radical (unpaired) electrons. The van der Waals surface area contributed by atoms with Crippen LogP contribution in [-0.2, 0) is 16.2 Å². The van der Waals surface area contributed by atoms with E-state index < -0.39 is 17.3 Å². The van der Waals surface area contributed by atoms with Crippen molar-refractivity contribution in [3.05, 3.63) is 33.8 Å². The summed E-state index contributed by atoms with van der Waals surface area (Å²) in [6.45, 7) is 5.31. The second kappa shape index (κ2) is 9.15. The first-order valence-corrected chi connectivity index (χ1v) is 11.1. The minimum Gasteiger partial charge on any atom is -0.494 e. The van der Waals surface area contributed by atoms with Gasteiger partial charge in [0.2, 0.25) is 5.88 Å². The average molecular weight is 444 g/mol. The van der Waals surface area contributed by atoms with E-state index in [1.807, 2.05) is 13.8 Å². The first-order valence-electron chi connectivity index (χ1n) is 11.1. The molecule has 172 valence electrons. The molecule has 2 amide bonds. The zero-order valence-corrected chi connectivity index (χ0v) is 18.4. The number of hydrogen-bond donors (Lipinski definition) is 2. The van der Waals surface area contributed by atoms with Crippen molar-refractivity contribution in [3.8, 4) is 5.88 Å². The van der Waals surface area contributed by atoms with Crippen LogP contribution in [0.5, 0.6) is 5.88 Å². The van der Waals surface area contributed by atoms with Crippen molar-refractivity contribution in [2.75, 3.05) is 13.2 Å². The molecule has 2 aromatic heterocycles. The Kier molecular flexibility index (Phi) is 6.31. The van der Waals surface area contributed by atoms with Crippen LogP contribution < -0.4 is 10.9 Å². The number of aromatic hydroxyl groups is 1. The standard InChI is InChI=1S/C22H29N5O5/c1-14(2)13-25-20-15(6-9-17(28)26-10-4-3-5-11-32-26)12-23-27(20)22(31)18(21(25)30)19(29)24-16-7-8-16/h6,9,12,14,16,30H,3-5,7-8,10-11,13H2,1-2H3,(H,24,29)/b9-6+. The summed E-state index contributed by atoms with van der Waals surface area (Å²) in [6, 6.07) is 0.0406. The smallest absolute Gasteiger partial charge is 0.291 e. The quantitative estimate of drug-likeness (QED) is 0.656. The molecule has 2 fully saturated rings. The summed E-state index contributed by atoms with van der Waals surface area (Å²) in [4.78, 5) is 43.7. The second-order valence-electron chi connectivity index (χ2n) is 8.76. The Morgan fingerprint density at radius 2 is 2.09 bits per heavy atom. The van der Waals surface area contributed by atoms with Crippen LogP contribution in [0.25, 0.3) is 11.7 Å². The number of nitrogens with one attached hydrogen (secondary N) is 1. The monoisotopic (exact) mass is 443 g/mol. The second-order valence-corrected chi connectivity index (χ2v) is 8.76. The summed E-state index contributed by atoms with van der Waals surface area (Å²) in [7, 11) is 0. The van der Waals surface area contributed by atoms with Crippen LogP contribution in [-0.4, -0.2) is 55.4 Å². The summed E-state index contributed by atoms with van der Waals surface area (Å²) in [5.74, 6) is -1.18. The van der Waals surface area contributed by atoms with Crippen LogP contribution in [0, 0.1) is 5.92 Å². The highest BCUT2D eigenvalue weighted by Crippen LogP contribution is 2.24. The van der Waals surface area contributed by atoms with Crippen molar-refractivity contribution < 1.29 is 19.5 Å². The third-order valence-corrected chi connectivity index (χ3v) is 5.50. The topological polar surface area (TPSA) is 118 Å². The van der Waals surface area contributed by atoms with E-state index in [2.05, 4.69) is 10.4 Å². The number of nitrogens with zero attached hydrogens (tertiary/aromatic N) is 4. The first-order chi connectivity index (χ1) is 15.4. The van der Waals surface area contributed by atoms with E-state index >= 15 is 0 Å². The Morgan fingerprint density at radius 1 is 1.31 bits per heavy atom. The normalized spacial score (nSPS) is 17.3. The molecule has 10 nitrogen and oxygen atoms in total. The van der Waals surface area contributed by atoms with E-state index in [9.17, 15) is 19.5 Å². The van der Waals surface area contributed by atoms with Crippen LogP contribution in [0.3, 0.4) is 0 Å². The van der Waals surface area contributed by atoms with E-state index in [0.717, 1.165) is 36.6 Å². The minimum absolute atomic E-state index is 0.0406. The molecular weight excluding hydrogens is 414 g/mol. The fourth-order valence-corrected chi connectivity index (χ4v) is 3.74. The van der Waals surface area contributed by atoms with Crippen LogP contribution in [0.2, 0.25) is 0 Å². The lowest BCUT2D eigenvalue weighted by atomic mass is 10.2. The van der Waals surface area contributed by atoms with Crippen molar-refractivity contribution in [1.82, 2.24) is 24.6 Å². The molecule has 2 aliphatic rings. The fourth-order valence-electron chi connectivity index (χ4n) is 3.74. The molecule has 1 saturated carbocycles. The molecule has 0 spiro atoms. The number of fused-ring (bicyclic) bond motifs is 1. The summed E-state index contributed by atoms with van der Waals surface area (Å²) < 4.78 is 2.62. The van der Waals surface area contributed by atoms with Gasteiger partial charge in [0.1, 0.15) is 5.65 Å². The van der Waals surface area contributed by atoms with Crippen LogP contribution in [0.15, 0.2) is 17.1 Å². The maximum atomic E-state index is 13.0. The number of aromatic nitrogens is 3. The molecule has 0 bridgehead atoms. The number of carbonyl (C=O) groups is 2. The van der Waals surface area contributed by atoms with E-state index in [0.29, 0.717) is 30.9 Å². The Morgan fingerprint density at radius 3 is 2.81 bits per heavy atom. The third kappa shape index (κ3) is 4.55. The first kappa shape index (κ1) is 22.1. The number of hydroxylamine groups is 2. The largest absolute Gasteiger partial charge is 0.494 e. The molecule has 2 aromatic rings. The minimum atomic E-state index is -0.697. The Hall–Kier alpha value is -3.14. The Bertz CT molecular complexity index is 1100. The maximum Gasteiger partial charge on any atom is 0.291 e. The predicted molar refractivity (Wildman–Crippen MR) is 117 cm³/mol. The van der Waals surface area contributed by atoms with Gasteiger partial charge >= 0.3 is 0 Å². The highest BCUT2D eigenvalue weighted by molar-refractivity contribution is 5.97.